The summed E-state index contributed by atoms with van der Waals surface area (Å²) in [6, 6.07) is 1.03. The lowest BCUT2D eigenvalue weighted by Crippen LogP contribution is -2.44. The molecule has 2 rings (SSSR count). The zero-order valence-electron chi connectivity index (χ0n) is 15.7. The summed E-state index contributed by atoms with van der Waals surface area (Å²) in [4.78, 5) is 14.3. The summed E-state index contributed by atoms with van der Waals surface area (Å²) >= 11 is 0. The Hall–Kier alpha value is -0.770. The monoisotopic (exact) mass is 324 g/mol. The van der Waals surface area contributed by atoms with Gasteiger partial charge in [0.05, 0.1) is 0 Å². The molecule has 0 radical (unpaired) electrons. The van der Waals surface area contributed by atoms with Crippen LogP contribution in [0.4, 0.5) is 4.79 Å². The Labute approximate surface area is 142 Å². The number of hydrogen-bond donors (Lipinski definition) is 1. The van der Waals surface area contributed by atoms with Crippen LogP contribution in [0.3, 0.4) is 0 Å². The van der Waals surface area contributed by atoms with E-state index in [-0.39, 0.29) is 6.09 Å². The Morgan fingerprint density at radius 3 is 2.48 bits per heavy atom. The van der Waals surface area contributed by atoms with Crippen molar-refractivity contribution in [2.24, 2.45) is 11.8 Å². The van der Waals surface area contributed by atoms with Crippen molar-refractivity contribution in [3.63, 3.8) is 0 Å². The van der Waals surface area contributed by atoms with Crippen LogP contribution in [0.1, 0.15) is 73.1 Å². The maximum atomic E-state index is 12.3. The predicted molar refractivity (Wildman–Crippen MR) is 94.5 cm³/mol. The van der Waals surface area contributed by atoms with Crippen LogP contribution in [0.5, 0.6) is 0 Å². The van der Waals surface area contributed by atoms with Crippen LogP contribution >= 0.6 is 0 Å². The molecule has 23 heavy (non-hydrogen) atoms. The first-order valence-electron chi connectivity index (χ1n) is 9.49. The van der Waals surface area contributed by atoms with Gasteiger partial charge in [-0.05, 0) is 58.3 Å². The van der Waals surface area contributed by atoms with Gasteiger partial charge < -0.3 is 15.0 Å². The molecule has 0 spiro atoms. The second-order valence-corrected chi connectivity index (χ2v) is 8.73. The average Bonchev–Trinajstić information content (AvgIpc) is 3.26. The van der Waals surface area contributed by atoms with Gasteiger partial charge in [-0.1, -0.05) is 26.7 Å². The summed E-state index contributed by atoms with van der Waals surface area (Å²) in [6.07, 6.45) is 7.37. The molecule has 0 aromatic heterocycles. The molecule has 2 atom stereocenters. The number of nitrogens with zero attached hydrogens (tertiary/aromatic N) is 1. The van der Waals surface area contributed by atoms with Crippen molar-refractivity contribution in [3.05, 3.63) is 0 Å². The summed E-state index contributed by atoms with van der Waals surface area (Å²) in [7, 11) is 0. The van der Waals surface area contributed by atoms with Gasteiger partial charge in [0.2, 0.25) is 0 Å². The van der Waals surface area contributed by atoms with E-state index in [2.05, 4.69) is 19.2 Å². The van der Waals surface area contributed by atoms with E-state index in [0.717, 1.165) is 37.8 Å². The van der Waals surface area contributed by atoms with E-state index in [1.54, 1.807) is 0 Å². The normalized spacial score (nSPS) is 25.5. The standard InChI is InChI=1S/C19H36N2O2/c1-14(2)15-7-6-8-16(13-15)20-11-12-21(17-9-10-17)18(22)23-19(3,4)5/h14-17,20H,6-13H2,1-5H3. The third-order valence-electron chi connectivity index (χ3n) is 5.06. The summed E-state index contributed by atoms with van der Waals surface area (Å²) in [5, 5.41) is 3.69. The van der Waals surface area contributed by atoms with E-state index < -0.39 is 5.60 Å². The summed E-state index contributed by atoms with van der Waals surface area (Å²) < 4.78 is 5.55. The number of amides is 1. The summed E-state index contributed by atoms with van der Waals surface area (Å²) in [5.74, 6) is 1.64. The molecule has 2 fully saturated rings. The van der Waals surface area contributed by atoms with Crippen LogP contribution in [0.25, 0.3) is 0 Å². The molecule has 0 saturated heterocycles. The van der Waals surface area contributed by atoms with Gasteiger partial charge in [-0.3, -0.25) is 0 Å². The molecule has 2 unspecified atom stereocenters. The Morgan fingerprint density at radius 1 is 1.22 bits per heavy atom. The van der Waals surface area contributed by atoms with Gasteiger partial charge in [0, 0.05) is 25.2 Å². The lowest BCUT2D eigenvalue weighted by atomic mass is 9.79. The fourth-order valence-corrected chi connectivity index (χ4v) is 3.54. The van der Waals surface area contributed by atoms with Crippen LogP contribution in [-0.2, 0) is 4.74 Å². The zero-order valence-corrected chi connectivity index (χ0v) is 15.7. The van der Waals surface area contributed by atoms with E-state index in [1.165, 1.54) is 25.7 Å². The minimum Gasteiger partial charge on any atom is -0.444 e. The minimum absolute atomic E-state index is 0.148. The summed E-state index contributed by atoms with van der Waals surface area (Å²) in [5.41, 5.74) is -0.411. The molecule has 0 aromatic rings. The van der Waals surface area contributed by atoms with Crippen LogP contribution in [0.2, 0.25) is 0 Å². The van der Waals surface area contributed by atoms with Gasteiger partial charge in [-0.2, -0.15) is 0 Å². The van der Waals surface area contributed by atoms with Crippen molar-refractivity contribution in [1.82, 2.24) is 10.2 Å². The first-order chi connectivity index (χ1) is 10.8. The molecule has 0 bridgehead atoms. The number of hydrogen-bond acceptors (Lipinski definition) is 3. The topological polar surface area (TPSA) is 41.6 Å². The maximum Gasteiger partial charge on any atom is 0.410 e. The molecule has 2 aliphatic carbocycles. The fraction of sp³-hybridized carbons (Fsp3) is 0.947. The van der Waals surface area contributed by atoms with Gasteiger partial charge in [-0.15, -0.1) is 0 Å². The Bertz CT molecular complexity index is 385. The zero-order chi connectivity index (χ0) is 17.0. The van der Waals surface area contributed by atoms with Gasteiger partial charge in [0.25, 0.3) is 0 Å². The maximum absolute atomic E-state index is 12.3. The average molecular weight is 325 g/mol. The lowest BCUT2D eigenvalue weighted by Gasteiger charge is -2.33. The van der Waals surface area contributed by atoms with Crippen molar-refractivity contribution < 1.29 is 9.53 Å². The molecule has 1 N–H and O–H groups in total. The number of carbonyl (C=O) groups excluding carboxylic acids is 1. The molecule has 4 heteroatoms. The smallest absolute Gasteiger partial charge is 0.410 e. The van der Waals surface area contributed by atoms with Gasteiger partial charge in [0.15, 0.2) is 0 Å². The summed E-state index contributed by atoms with van der Waals surface area (Å²) in [6.45, 7) is 12.1. The Balaban J connectivity index is 1.75. The van der Waals surface area contributed by atoms with Crippen LogP contribution in [0.15, 0.2) is 0 Å². The number of nitrogens with one attached hydrogen (secondary N) is 1. The highest BCUT2D eigenvalue weighted by Gasteiger charge is 2.35. The SMILES string of the molecule is CC(C)C1CCCC(NCCN(C(=O)OC(C)(C)C)C2CC2)C1. The van der Waals surface area contributed by atoms with Crippen molar-refractivity contribution in [2.75, 3.05) is 13.1 Å². The predicted octanol–water partition coefficient (Wildman–Crippen LogP) is 4.19. The highest BCUT2D eigenvalue weighted by molar-refractivity contribution is 5.69. The van der Waals surface area contributed by atoms with Gasteiger partial charge in [0.1, 0.15) is 5.60 Å². The molecular formula is C19H36N2O2. The van der Waals surface area contributed by atoms with E-state index in [0.29, 0.717) is 12.1 Å². The quantitative estimate of drug-likeness (QED) is 0.796. The van der Waals surface area contributed by atoms with Crippen LogP contribution < -0.4 is 5.32 Å². The molecule has 2 saturated carbocycles. The molecule has 0 aliphatic heterocycles. The first kappa shape index (κ1) is 18.6. The third-order valence-corrected chi connectivity index (χ3v) is 5.06. The lowest BCUT2D eigenvalue weighted by molar-refractivity contribution is 0.0233. The van der Waals surface area contributed by atoms with Gasteiger partial charge in [-0.25, -0.2) is 4.79 Å². The van der Waals surface area contributed by atoms with E-state index in [1.807, 2.05) is 25.7 Å². The molecule has 0 aromatic carbocycles. The third kappa shape index (κ3) is 6.33. The van der Waals surface area contributed by atoms with Crippen molar-refractivity contribution in [2.45, 2.75) is 90.8 Å². The van der Waals surface area contributed by atoms with Crippen molar-refractivity contribution >= 4 is 6.09 Å². The number of rotatable bonds is 6. The Kier molecular flexibility index (Phi) is 6.35. The second-order valence-electron chi connectivity index (χ2n) is 8.73. The highest BCUT2D eigenvalue weighted by atomic mass is 16.6. The highest BCUT2D eigenvalue weighted by Crippen LogP contribution is 2.30. The van der Waals surface area contributed by atoms with Gasteiger partial charge >= 0.3 is 6.09 Å². The molecular weight excluding hydrogens is 288 g/mol. The molecule has 4 nitrogen and oxygen atoms in total. The van der Waals surface area contributed by atoms with Crippen molar-refractivity contribution in [1.29, 1.82) is 0 Å². The molecule has 0 heterocycles. The second kappa shape index (κ2) is 7.87. The van der Waals surface area contributed by atoms with Crippen LogP contribution in [0, 0.1) is 11.8 Å². The van der Waals surface area contributed by atoms with E-state index in [9.17, 15) is 4.79 Å². The molecule has 134 valence electrons. The largest absolute Gasteiger partial charge is 0.444 e. The van der Waals surface area contributed by atoms with E-state index in [4.69, 9.17) is 4.74 Å². The van der Waals surface area contributed by atoms with E-state index >= 15 is 0 Å². The molecule has 1 amide bonds. The first-order valence-corrected chi connectivity index (χ1v) is 9.49. The number of ether oxygens (including phenoxy) is 1. The minimum atomic E-state index is -0.411. The van der Waals surface area contributed by atoms with Crippen LogP contribution in [-0.4, -0.2) is 41.8 Å². The fourth-order valence-electron chi connectivity index (χ4n) is 3.54. The molecule has 2 aliphatic rings. The number of carbonyl (C=O) groups is 1. The van der Waals surface area contributed by atoms with Crippen molar-refractivity contribution in [3.8, 4) is 0 Å². The Morgan fingerprint density at radius 2 is 1.91 bits per heavy atom.